The van der Waals surface area contributed by atoms with Crippen molar-refractivity contribution in [2.24, 2.45) is 0 Å². The molecule has 4 heteroatoms. The van der Waals surface area contributed by atoms with Gasteiger partial charge >= 0.3 is 0 Å². The second-order valence-corrected chi connectivity index (χ2v) is 5.54. The van der Waals surface area contributed by atoms with Crippen LogP contribution in [0.1, 0.15) is 21.7 Å². The molecule has 2 aromatic rings. The normalized spacial score (nSPS) is 14.4. The third-order valence-corrected chi connectivity index (χ3v) is 4.03. The Morgan fingerprint density at radius 3 is 3.17 bits per heavy atom. The van der Waals surface area contributed by atoms with Gasteiger partial charge in [0.05, 0.1) is 0 Å². The topological polar surface area (TPSA) is 37.0 Å². The van der Waals surface area contributed by atoms with Gasteiger partial charge in [-0.25, -0.2) is 4.98 Å². The van der Waals surface area contributed by atoms with Crippen LogP contribution in [0, 0.1) is 0 Å². The van der Waals surface area contributed by atoms with E-state index in [4.69, 9.17) is 0 Å². The zero-order valence-corrected chi connectivity index (χ0v) is 11.1. The zero-order chi connectivity index (χ0) is 12.2. The average Bonchev–Trinajstić information content (AvgIpc) is 2.92. The lowest BCUT2D eigenvalue weighted by Crippen LogP contribution is -2.24. The van der Waals surface area contributed by atoms with Gasteiger partial charge in [0.2, 0.25) is 0 Å². The quantitative estimate of drug-likeness (QED) is 0.882. The molecular weight excluding hydrogens is 242 g/mol. The Morgan fingerprint density at radius 2 is 2.28 bits per heavy atom. The monoisotopic (exact) mass is 259 g/mol. The van der Waals surface area contributed by atoms with E-state index in [-0.39, 0.29) is 0 Å². The van der Waals surface area contributed by atoms with E-state index in [1.165, 1.54) is 16.7 Å². The molecule has 0 bridgehead atoms. The van der Waals surface area contributed by atoms with Gasteiger partial charge in [0.25, 0.3) is 0 Å². The zero-order valence-electron chi connectivity index (χ0n) is 10.3. The van der Waals surface area contributed by atoms with Crippen LogP contribution in [-0.4, -0.2) is 11.5 Å². The Morgan fingerprint density at radius 1 is 1.28 bits per heavy atom. The van der Waals surface area contributed by atoms with Crippen LogP contribution in [0.5, 0.6) is 0 Å². The van der Waals surface area contributed by atoms with Crippen molar-refractivity contribution in [1.82, 2.24) is 15.6 Å². The predicted octanol–water partition coefficient (Wildman–Crippen LogP) is 2.08. The van der Waals surface area contributed by atoms with Gasteiger partial charge in [-0.1, -0.05) is 18.2 Å². The van der Waals surface area contributed by atoms with E-state index < -0.39 is 0 Å². The first-order valence-corrected chi connectivity index (χ1v) is 7.20. The van der Waals surface area contributed by atoms with Crippen molar-refractivity contribution in [3.63, 3.8) is 0 Å². The highest BCUT2D eigenvalue weighted by atomic mass is 32.1. The van der Waals surface area contributed by atoms with Crippen LogP contribution >= 0.6 is 11.3 Å². The second-order valence-electron chi connectivity index (χ2n) is 4.56. The van der Waals surface area contributed by atoms with Crippen LogP contribution in [0.4, 0.5) is 0 Å². The Kier molecular flexibility index (Phi) is 3.69. The molecule has 2 N–H and O–H groups in total. The number of nitrogens with zero attached hydrogens (tertiary/aromatic N) is 1. The number of nitrogens with one attached hydrogen (secondary N) is 2. The lowest BCUT2D eigenvalue weighted by atomic mass is 9.98. The Hall–Kier alpha value is -1.23. The minimum absolute atomic E-state index is 0.854. The summed E-state index contributed by atoms with van der Waals surface area (Å²) in [6.07, 6.45) is 3.01. The number of thiazole rings is 1. The van der Waals surface area contributed by atoms with E-state index in [1.807, 2.05) is 11.6 Å². The number of aromatic nitrogens is 1. The highest BCUT2D eigenvalue weighted by Crippen LogP contribution is 2.16. The summed E-state index contributed by atoms with van der Waals surface area (Å²) in [6.45, 7) is 3.88. The molecule has 0 saturated carbocycles. The molecule has 0 saturated heterocycles. The van der Waals surface area contributed by atoms with Crippen molar-refractivity contribution < 1.29 is 0 Å². The Labute approximate surface area is 111 Å². The Bertz CT molecular complexity index is 508. The molecule has 18 heavy (non-hydrogen) atoms. The van der Waals surface area contributed by atoms with E-state index in [2.05, 4.69) is 33.8 Å². The first-order chi connectivity index (χ1) is 8.92. The van der Waals surface area contributed by atoms with Gasteiger partial charge in [-0.05, 0) is 29.7 Å². The number of rotatable bonds is 4. The summed E-state index contributed by atoms with van der Waals surface area (Å²) < 4.78 is 0. The van der Waals surface area contributed by atoms with E-state index in [0.29, 0.717) is 0 Å². The molecule has 3 rings (SSSR count). The molecule has 1 aliphatic heterocycles. The lowest BCUT2D eigenvalue weighted by Gasteiger charge is -2.18. The summed E-state index contributed by atoms with van der Waals surface area (Å²) in [5.41, 5.74) is 4.31. The first kappa shape index (κ1) is 11.8. The van der Waals surface area contributed by atoms with Crippen LogP contribution in [0.2, 0.25) is 0 Å². The molecular formula is C14H17N3S. The summed E-state index contributed by atoms with van der Waals surface area (Å²) in [7, 11) is 0. The molecule has 0 spiro atoms. The maximum atomic E-state index is 4.26. The average molecular weight is 259 g/mol. The maximum Gasteiger partial charge on any atom is 0.106 e. The summed E-state index contributed by atoms with van der Waals surface area (Å²) in [6, 6.07) is 6.83. The third kappa shape index (κ3) is 2.77. The molecule has 1 aromatic heterocycles. The number of benzene rings is 1. The van der Waals surface area contributed by atoms with Crippen LogP contribution < -0.4 is 10.6 Å². The highest BCUT2D eigenvalue weighted by Gasteiger charge is 2.08. The molecule has 1 aromatic carbocycles. The van der Waals surface area contributed by atoms with Crippen LogP contribution in [0.25, 0.3) is 0 Å². The van der Waals surface area contributed by atoms with Crippen LogP contribution in [0.3, 0.4) is 0 Å². The first-order valence-electron chi connectivity index (χ1n) is 6.32. The standard InChI is InChI=1S/C14H17N3S/c1-2-12-3-4-15-9-13(12)7-11(1)8-16-10-14-17-5-6-18-14/h1-2,5-7,15-16H,3-4,8-10H2. The fraction of sp³-hybridized carbons (Fsp3) is 0.357. The molecule has 0 atom stereocenters. The van der Waals surface area contributed by atoms with Crippen LogP contribution in [-0.2, 0) is 26.1 Å². The fourth-order valence-corrected chi connectivity index (χ4v) is 2.88. The van der Waals surface area contributed by atoms with Gasteiger partial charge in [0, 0.05) is 31.2 Å². The van der Waals surface area contributed by atoms with Crippen molar-refractivity contribution in [2.45, 2.75) is 26.1 Å². The van der Waals surface area contributed by atoms with E-state index >= 15 is 0 Å². The van der Waals surface area contributed by atoms with E-state index in [1.54, 1.807) is 11.3 Å². The SMILES string of the molecule is c1csc(CNCc2ccc3c(c2)CNCC3)n1. The van der Waals surface area contributed by atoms with Gasteiger partial charge in [-0.3, -0.25) is 0 Å². The molecule has 2 heterocycles. The van der Waals surface area contributed by atoms with Crippen molar-refractivity contribution >= 4 is 11.3 Å². The highest BCUT2D eigenvalue weighted by molar-refractivity contribution is 7.09. The fourth-order valence-electron chi connectivity index (χ4n) is 2.30. The van der Waals surface area contributed by atoms with Crippen molar-refractivity contribution in [3.8, 4) is 0 Å². The third-order valence-electron chi connectivity index (χ3n) is 3.25. The summed E-state index contributed by atoms with van der Waals surface area (Å²) in [5.74, 6) is 0. The van der Waals surface area contributed by atoms with Gasteiger partial charge in [0.1, 0.15) is 5.01 Å². The molecule has 0 aliphatic carbocycles. The molecule has 0 unspecified atom stereocenters. The summed E-state index contributed by atoms with van der Waals surface area (Å²) in [4.78, 5) is 4.26. The second kappa shape index (κ2) is 5.61. The maximum absolute atomic E-state index is 4.26. The molecule has 0 fully saturated rings. The van der Waals surface area contributed by atoms with Gasteiger partial charge in [0.15, 0.2) is 0 Å². The van der Waals surface area contributed by atoms with Gasteiger partial charge in [-0.15, -0.1) is 11.3 Å². The number of hydrogen-bond acceptors (Lipinski definition) is 4. The molecule has 0 radical (unpaired) electrons. The molecule has 0 amide bonds. The van der Waals surface area contributed by atoms with Crippen molar-refractivity contribution in [1.29, 1.82) is 0 Å². The Balaban J connectivity index is 1.59. The number of hydrogen-bond donors (Lipinski definition) is 2. The van der Waals surface area contributed by atoms with Crippen LogP contribution in [0.15, 0.2) is 29.8 Å². The van der Waals surface area contributed by atoms with E-state index in [0.717, 1.165) is 37.6 Å². The smallest absolute Gasteiger partial charge is 0.106 e. The minimum Gasteiger partial charge on any atom is -0.312 e. The van der Waals surface area contributed by atoms with Gasteiger partial charge in [-0.2, -0.15) is 0 Å². The van der Waals surface area contributed by atoms with Gasteiger partial charge < -0.3 is 10.6 Å². The summed E-state index contributed by atoms with van der Waals surface area (Å²) >= 11 is 1.70. The lowest BCUT2D eigenvalue weighted by molar-refractivity contribution is 0.639. The van der Waals surface area contributed by atoms with Crippen molar-refractivity contribution in [2.75, 3.05) is 6.54 Å². The van der Waals surface area contributed by atoms with Crippen molar-refractivity contribution in [3.05, 3.63) is 51.5 Å². The molecule has 1 aliphatic rings. The van der Waals surface area contributed by atoms with E-state index in [9.17, 15) is 0 Å². The number of fused-ring (bicyclic) bond motifs is 1. The predicted molar refractivity (Wildman–Crippen MR) is 74.5 cm³/mol. The minimum atomic E-state index is 0.854. The summed E-state index contributed by atoms with van der Waals surface area (Å²) in [5, 5.41) is 10.0. The largest absolute Gasteiger partial charge is 0.312 e. The molecule has 94 valence electrons. The molecule has 3 nitrogen and oxygen atoms in total.